The van der Waals surface area contributed by atoms with Crippen molar-refractivity contribution in [3.8, 4) is 0 Å². The Balaban J connectivity index is 2.17. The largest absolute Gasteiger partial charge is 0.328 e. The fraction of sp³-hybridized carbons (Fsp3) is 0.538. The highest BCUT2D eigenvalue weighted by atomic mass is 35.5. The zero-order valence-electron chi connectivity index (χ0n) is 11.2. The van der Waals surface area contributed by atoms with E-state index in [1.165, 1.54) is 10.4 Å². The lowest BCUT2D eigenvalue weighted by Crippen LogP contribution is -2.42. The fourth-order valence-electron chi connectivity index (χ4n) is 2.43. The van der Waals surface area contributed by atoms with Gasteiger partial charge in [0.25, 0.3) is 0 Å². The van der Waals surface area contributed by atoms with E-state index in [-0.39, 0.29) is 16.0 Å². The minimum Gasteiger partial charge on any atom is -0.328 e. The molecule has 7 heteroatoms. The van der Waals surface area contributed by atoms with Crippen LogP contribution in [0.3, 0.4) is 0 Å². The summed E-state index contributed by atoms with van der Waals surface area (Å²) in [7, 11) is -3.61. The molecule has 0 bridgehead atoms. The summed E-state index contributed by atoms with van der Waals surface area (Å²) in [6.45, 7) is 2.81. The number of nitrogens with zero attached hydrogens (tertiary/aromatic N) is 1. The molecule has 0 aromatic heterocycles. The molecular weight excluding hydrogens is 303 g/mol. The Kier molecular flexibility index (Phi) is 4.69. The van der Waals surface area contributed by atoms with E-state index in [0.29, 0.717) is 19.0 Å². The van der Waals surface area contributed by atoms with Crippen molar-refractivity contribution < 1.29 is 12.8 Å². The number of nitrogens with two attached hydrogens (primary N) is 1. The van der Waals surface area contributed by atoms with Gasteiger partial charge in [0.15, 0.2) is 0 Å². The molecule has 1 saturated heterocycles. The fourth-order valence-corrected chi connectivity index (χ4v) is 4.17. The van der Waals surface area contributed by atoms with Gasteiger partial charge in [-0.2, -0.15) is 4.31 Å². The second kappa shape index (κ2) is 5.97. The number of rotatable bonds is 3. The zero-order chi connectivity index (χ0) is 14.9. The molecule has 2 N–H and O–H groups in total. The molecule has 0 amide bonds. The lowest BCUT2D eigenvalue weighted by molar-refractivity contribution is 0.250. The second-order valence-corrected chi connectivity index (χ2v) is 7.52. The summed E-state index contributed by atoms with van der Waals surface area (Å²) in [6, 6.07) is 3.54. The van der Waals surface area contributed by atoms with Crippen molar-refractivity contribution in [2.45, 2.75) is 30.7 Å². The van der Waals surface area contributed by atoms with Crippen LogP contribution in [0.25, 0.3) is 0 Å². The van der Waals surface area contributed by atoms with Crippen LogP contribution in [0.2, 0.25) is 5.02 Å². The second-order valence-electron chi connectivity index (χ2n) is 5.18. The van der Waals surface area contributed by atoms with E-state index in [2.05, 4.69) is 0 Å². The summed E-state index contributed by atoms with van der Waals surface area (Å²) in [4.78, 5) is 0.0307. The number of halogens is 2. The highest BCUT2D eigenvalue weighted by Crippen LogP contribution is 2.27. The van der Waals surface area contributed by atoms with Gasteiger partial charge in [-0.05, 0) is 43.9 Å². The molecule has 0 aliphatic carbocycles. The van der Waals surface area contributed by atoms with Gasteiger partial charge in [0.1, 0.15) is 5.82 Å². The summed E-state index contributed by atoms with van der Waals surface area (Å²) in [5.74, 6) is -0.278. The van der Waals surface area contributed by atoms with E-state index >= 15 is 0 Å². The van der Waals surface area contributed by atoms with Crippen LogP contribution in [-0.4, -0.2) is 31.9 Å². The average Bonchev–Trinajstić information content (AvgIpc) is 2.41. The molecule has 1 aliphatic heterocycles. The van der Waals surface area contributed by atoms with Gasteiger partial charge in [-0.1, -0.05) is 11.6 Å². The van der Waals surface area contributed by atoms with Crippen LogP contribution >= 0.6 is 11.6 Å². The predicted octanol–water partition coefficient (Wildman–Crippen LogP) is 2.23. The van der Waals surface area contributed by atoms with Crippen LogP contribution in [0.4, 0.5) is 4.39 Å². The quantitative estimate of drug-likeness (QED) is 0.929. The molecule has 0 spiro atoms. The van der Waals surface area contributed by atoms with Crippen molar-refractivity contribution in [3.05, 3.63) is 29.0 Å². The van der Waals surface area contributed by atoms with Crippen LogP contribution in [-0.2, 0) is 10.0 Å². The molecular formula is C13H18ClFN2O2S. The molecule has 1 atom stereocenters. The molecule has 1 fully saturated rings. The summed E-state index contributed by atoms with van der Waals surface area (Å²) >= 11 is 5.65. The number of benzene rings is 1. The Morgan fingerprint density at radius 2 is 2.00 bits per heavy atom. The van der Waals surface area contributed by atoms with Gasteiger partial charge in [-0.15, -0.1) is 0 Å². The van der Waals surface area contributed by atoms with E-state index in [1.54, 1.807) is 0 Å². The lowest BCUT2D eigenvalue weighted by atomic mass is 9.92. The van der Waals surface area contributed by atoms with Gasteiger partial charge in [-0.25, -0.2) is 12.8 Å². The Hall–Kier alpha value is -0.690. The number of hydrogen-bond donors (Lipinski definition) is 1. The molecule has 20 heavy (non-hydrogen) atoms. The normalized spacial score (nSPS) is 20.0. The van der Waals surface area contributed by atoms with Gasteiger partial charge in [0, 0.05) is 19.1 Å². The first kappa shape index (κ1) is 15.7. The van der Waals surface area contributed by atoms with Gasteiger partial charge in [-0.3, -0.25) is 0 Å². The Labute approximate surface area is 123 Å². The van der Waals surface area contributed by atoms with Gasteiger partial charge < -0.3 is 5.73 Å². The van der Waals surface area contributed by atoms with Gasteiger partial charge >= 0.3 is 0 Å². The number of hydrogen-bond acceptors (Lipinski definition) is 3. The minimum absolute atomic E-state index is 0.0307. The molecule has 2 rings (SSSR count). The number of piperidine rings is 1. The first-order valence-corrected chi connectivity index (χ1v) is 8.35. The minimum atomic E-state index is -3.61. The van der Waals surface area contributed by atoms with E-state index in [4.69, 9.17) is 17.3 Å². The Morgan fingerprint density at radius 3 is 2.50 bits per heavy atom. The lowest BCUT2D eigenvalue weighted by Gasteiger charge is -2.32. The summed E-state index contributed by atoms with van der Waals surface area (Å²) in [5, 5.41) is -0.184. The van der Waals surface area contributed by atoms with E-state index in [0.717, 1.165) is 25.0 Å². The SMILES string of the molecule is CC(N)C1CCN(S(=O)(=O)c2ccc(F)c(Cl)c2)CC1. The molecule has 0 radical (unpaired) electrons. The number of sulfonamides is 1. The molecule has 1 aromatic rings. The third-order valence-corrected chi connectivity index (χ3v) is 5.96. The van der Waals surface area contributed by atoms with E-state index < -0.39 is 15.8 Å². The standard InChI is InChI=1S/C13H18ClFN2O2S/c1-9(16)10-4-6-17(7-5-10)20(18,19)11-2-3-13(15)12(14)8-11/h2-3,8-10H,4-7,16H2,1H3. The maximum atomic E-state index is 13.1. The van der Waals surface area contributed by atoms with Crippen molar-refractivity contribution in [1.29, 1.82) is 0 Å². The van der Waals surface area contributed by atoms with Gasteiger partial charge in [0.2, 0.25) is 10.0 Å². The first-order chi connectivity index (χ1) is 9.32. The third kappa shape index (κ3) is 3.14. The van der Waals surface area contributed by atoms with Gasteiger partial charge in [0.05, 0.1) is 9.92 Å². The van der Waals surface area contributed by atoms with Crippen LogP contribution in [0, 0.1) is 11.7 Å². The Morgan fingerprint density at radius 1 is 1.40 bits per heavy atom. The van der Waals surface area contributed by atoms with Crippen molar-refractivity contribution in [1.82, 2.24) is 4.31 Å². The average molecular weight is 321 g/mol. The molecule has 1 heterocycles. The monoisotopic (exact) mass is 320 g/mol. The summed E-state index contributed by atoms with van der Waals surface area (Å²) in [6.07, 6.45) is 1.48. The van der Waals surface area contributed by atoms with E-state index in [9.17, 15) is 12.8 Å². The van der Waals surface area contributed by atoms with E-state index in [1.807, 2.05) is 6.92 Å². The highest BCUT2D eigenvalue weighted by Gasteiger charge is 2.30. The van der Waals surface area contributed by atoms with Crippen molar-refractivity contribution in [2.75, 3.05) is 13.1 Å². The highest BCUT2D eigenvalue weighted by molar-refractivity contribution is 7.89. The molecule has 0 saturated carbocycles. The van der Waals surface area contributed by atoms with Crippen molar-refractivity contribution in [2.24, 2.45) is 11.7 Å². The maximum absolute atomic E-state index is 13.1. The van der Waals surface area contributed by atoms with Crippen molar-refractivity contribution in [3.63, 3.8) is 0 Å². The van der Waals surface area contributed by atoms with Crippen molar-refractivity contribution >= 4 is 21.6 Å². The smallest absolute Gasteiger partial charge is 0.243 e. The molecule has 1 aromatic carbocycles. The predicted molar refractivity (Wildman–Crippen MR) is 76.5 cm³/mol. The Bertz CT molecular complexity index is 584. The van der Waals surface area contributed by atoms with Crippen LogP contribution < -0.4 is 5.73 Å². The summed E-state index contributed by atoms with van der Waals surface area (Å²) in [5.41, 5.74) is 5.84. The maximum Gasteiger partial charge on any atom is 0.243 e. The molecule has 1 unspecified atom stereocenters. The molecule has 4 nitrogen and oxygen atoms in total. The first-order valence-electron chi connectivity index (χ1n) is 6.53. The molecule has 1 aliphatic rings. The molecule has 112 valence electrons. The van der Waals surface area contributed by atoms with Crippen LogP contribution in [0.15, 0.2) is 23.1 Å². The zero-order valence-corrected chi connectivity index (χ0v) is 12.8. The topological polar surface area (TPSA) is 63.4 Å². The summed E-state index contributed by atoms with van der Waals surface area (Å²) < 4.78 is 39.4. The van der Waals surface area contributed by atoms with Crippen LogP contribution in [0.1, 0.15) is 19.8 Å². The van der Waals surface area contributed by atoms with Crippen LogP contribution in [0.5, 0.6) is 0 Å². The third-order valence-electron chi connectivity index (χ3n) is 3.77.